The highest BCUT2D eigenvalue weighted by Crippen LogP contribution is 2.43. The van der Waals surface area contributed by atoms with E-state index in [0.717, 1.165) is 49.5 Å². The van der Waals surface area contributed by atoms with Gasteiger partial charge in [0.25, 0.3) is 0 Å². The highest BCUT2D eigenvalue weighted by Gasteiger charge is 2.45. The van der Waals surface area contributed by atoms with E-state index in [1.807, 2.05) is 36.2 Å². The van der Waals surface area contributed by atoms with Gasteiger partial charge in [0.2, 0.25) is 11.8 Å². The van der Waals surface area contributed by atoms with Crippen LogP contribution in [0.3, 0.4) is 0 Å². The van der Waals surface area contributed by atoms with Crippen LogP contribution in [0.4, 0.5) is 0 Å². The zero-order chi connectivity index (χ0) is 18.1. The lowest BCUT2D eigenvalue weighted by atomic mass is 10.0. The number of hydrogen-bond donors (Lipinski definition) is 0. The van der Waals surface area contributed by atoms with Crippen LogP contribution in [-0.4, -0.2) is 58.6 Å². The van der Waals surface area contributed by atoms with Gasteiger partial charge in [0, 0.05) is 32.2 Å². The molecular formula is C19H23N3O3S. The summed E-state index contributed by atoms with van der Waals surface area (Å²) in [5.74, 6) is 2.32. The van der Waals surface area contributed by atoms with Crippen LogP contribution in [0.2, 0.25) is 0 Å². The Bertz CT molecular complexity index is 782. The highest BCUT2D eigenvalue weighted by atomic mass is 32.2. The fourth-order valence-electron chi connectivity index (χ4n) is 3.63. The summed E-state index contributed by atoms with van der Waals surface area (Å²) in [6, 6.07) is 7.70. The van der Waals surface area contributed by atoms with Gasteiger partial charge >= 0.3 is 0 Å². The number of benzene rings is 1. The van der Waals surface area contributed by atoms with Crippen molar-refractivity contribution < 1.29 is 13.9 Å². The summed E-state index contributed by atoms with van der Waals surface area (Å²) >= 11 is 1.80. The quantitative estimate of drug-likeness (QED) is 0.821. The van der Waals surface area contributed by atoms with Gasteiger partial charge in [-0.3, -0.25) is 9.69 Å². The molecule has 138 valence electrons. The number of aromatic nitrogens is 1. The zero-order valence-electron chi connectivity index (χ0n) is 15.1. The third kappa shape index (κ3) is 3.21. The first-order valence-corrected chi connectivity index (χ1v) is 9.80. The first kappa shape index (κ1) is 17.4. The summed E-state index contributed by atoms with van der Waals surface area (Å²) < 4.78 is 10.8. The van der Waals surface area contributed by atoms with E-state index in [4.69, 9.17) is 9.15 Å². The smallest absolute Gasteiger partial charge is 0.233 e. The van der Waals surface area contributed by atoms with Crippen LogP contribution < -0.4 is 4.74 Å². The van der Waals surface area contributed by atoms with E-state index in [1.54, 1.807) is 25.1 Å². The summed E-state index contributed by atoms with van der Waals surface area (Å²) in [6.45, 7) is 2.71. The van der Waals surface area contributed by atoms with Crippen LogP contribution in [0, 0.1) is 0 Å². The van der Waals surface area contributed by atoms with Crippen molar-refractivity contribution in [2.24, 2.45) is 0 Å². The number of nitrogens with zero attached hydrogens (tertiary/aromatic N) is 3. The molecule has 0 radical (unpaired) electrons. The number of rotatable bonds is 4. The van der Waals surface area contributed by atoms with Crippen LogP contribution in [0.5, 0.6) is 5.75 Å². The molecule has 2 aromatic rings. The Morgan fingerprint density at radius 2 is 2.00 bits per heavy atom. The number of likely N-dealkylation sites (tertiary alicyclic amines) is 1. The van der Waals surface area contributed by atoms with Crippen molar-refractivity contribution in [1.82, 2.24) is 14.8 Å². The normalized spacial score (nSPS) is 20.1. The Kier molecular flexibility index (Phi) is 4.67. The number of oxazole rings is 1. The van der Waals surface area contributed by atoms with Gasteiger partial charge in [-0.2, -0.15) is 0 Å². The van der Waals surface area contributed by atoms with Gasteiger partial charge in [-0.25, -0.2) is 4.98 Å². The molecule has 26 heavy (non-hydrogen) atoms. The molecule has 1 aromatic heterocycles. The van der Waals surface area contributed by atoms with Crippen molar-refractivity contribution in [2.45, 2.75) is 24.3 Å². The van der Waals surface area contributed by atoms with Gasteiger partial charge in [0.1, 0.15) is 12.0 Å². The SMILES string of the molecule is COc1ccc(-c2nc(CN3CCC4(CC3)SCC(=O)N4C)co2)cc1. The number of amides is 1. The zero-order valence-corrected chi connectivity index (χ0v) is 15.9. The molecule has 0 unspecified atom stereocenters. The molecular weight excluding hydrogens is 350 g/mol. The number of thioether (sulfide) groups is 1. The topological polar surface area (TPSA) is 58.8 Å². The third-order valence-corrected chi connectivity index (χ3v) is 6.97. The molecule has 4 rings (SSSR count). The van der Waals surface area contributed by atoms with Crippen LogP contribution in [0.15, 0.2) is 34.9 Å². The van der Waals surface area contributed by atoms with Crippen molar-refractivity contribution in [2.75, 3.05) is 33.0 Å². The van der Waals surface area contributed by atoms with Crippen LogP contribution >= 0.6 is 11.8 Å². The first-order chi connectivity index (χ1) is 12.6. The maximum Gasteiger partial charge on any atom is 0.233 e. The van der Waals surface area contributed by atoms with E-state index in [0.29, 0.717) is 11.6 Å². The van der Waals surface area contributed by atoms with E-state index in [-0.39, 0.29) is 10.8 Å². The van der Waals surface area contributed by atoms with E-state index in [1.165, 1.54) is 0 Å². The molecule has 1 spiro atoms. The number of piperidine rings is 1. The van der Waals surface area contributed by atoms with Gasteiger partial charge in [-0.05, 0) is 37.1 Å². The molecule has 0 bridgehead atoms. The Labute approximate surface area is 157 Å². The maximum atomic E-state index is 11.9. The first-order valence-electron chi connectivity index (χ1n) is 8.81. The fourth-order valence-corrected chi connectivity index (χ4v) is 4.98. The number of carbonyl (C=O) groups excluding carboxylic acids is 1. The molecule has 2 fully saturated rings. The summed E-state index contributed by atoms with van der Waals surface area (Å²) in [7, 11) is 3.59. The molecule has 0 aliphatic carbocycles. The van der Waals surface area contributed by atoms with Crippen LogP contribution in [0.25, 0.3) is 11.5 Å². The maximum absolute atomic E-state index is 11.9. The minimum atomic E-state index is 0.00562. The lowest BCUT2D eigenvalue weighted by Crippen LogP contribution is -2.49. The predicted molar refractivity (Wildman–Crippen MR) is 101 cm³/mol. The molecule has 2 saturated heterocycles. The molecule has 6 nitrogen and oxygen atoms in total. The van der Waals surface area contributed by atoms with E-state index in [9.17, 15) is 4.79 Å². The van der Waals surface area contributed by atoms with Crippen molar-refractivity contribution in [3.63, 3.8) is 0 Å². The second-order valence-corrected chi connectivity index (χ2v) is 8.17. The molecule has 0 saturated carbocycles. The average Bonchev–Trinajstić information content (AvgIpc) is 3.25. The highest BCUT2D eigenvalue weighted by molar-refractivity contribution is 8.01. The average molecular weight is 373 g/mol. The van der Waals surface area contributed by atoms with Gasteiger partial charge < -0.3 is 14.1 Å². The molecule has 0 N–H and O–H groups in total. The van der Waals surface area contributed by atoms with Crippen molar-refractivity contribution in [1.29, 1.82) is 0 Å². The van der Waals surface area contributed by atoms with Gasteiger partial charge in [0.15, 0.2) is 0 Å². The summed E-state index contributed by atoms with van der Waals surface area (Å²) in [6.07, 6.45) is 3.75. The summed E-state index contributed by atoms with van der Waals surface area (Å²) in [5.41, 5.74) is 1.88. The molecule has 3 heterocycles. The standard InChI is InChI=1S/C19H23N3O3S/c1-21-17(23)13-26-19(21)7-9-22(10-8-19)11-15-12-25-18(20-15)14-3-5-16(24-2)6-4-14/h3-6,12H,7-11,13H2,1-2H3. The fraction of sp³-hybridized carbons (Fsp3) is 0.474. The summed E-state index contributed by atoms with van der Waals surface area (Å²) in [5, 5.41) is 0. The Balaban J connectivity index is 1.37. The van der Waals surface area contributed by atoms with E-state index < -0.39 is 0 Å². The number of ether oxygens (including phenoxy) is 1. The Morgan fingerprint density at radius 1 is 1.27 bits per heavy atom. The number of hydrogen-bond acceptors (Lipinski definition) is 6. The Hall–Kier alpha value is -1.99. The molecule has 2 aliphatic rings. The minimum Gasteiger partial charge on any atom is -0.497 e. The molecule has 0 atom stereocenters. The second-order valence-electron chi connectivity index (χ2n) is 6.84. The van der Waals surface area contributed by atoms with E-state index >= 15 is 0 Å². The number of carbonyl (C=O) groups is 1. The molecule has 7 heteroatoms. The second kappa shape index (κ2) is 6.96. The molecule has 2 aliphatic heterocycles. The third-order valence-electron chi connectivity index (χ3n) is 5.36. The van der Waals surface area contributed by atoms with E-state index in [2.05, 4.69) is 9.88 Å². The molecule has 1 aromatic carbocycles. The minimum absolute atomic E-state index is 0.00562. The van der Waals surface area contributed by atoms with Gasteiger partial charge in [-0.15, -0.1) is 11.8 Å². The van der Waals surface area contributed by atoms with Crippen molar-refractivity contribution >= 4 is 17.7 Å². The number of methoxy groups -OCH3 is 1. The monoisotopic (exact) mass is 373 g/mol. The van der Waals surface area contributed by atoms with Crippen molar-refractivity contribution in [3.8, 4) is 17.2 Å². The van der Waals surface area contributed by atoms with Crippen LogP contribution in [0.1, 0.15) is 18.5 Å². The predicted octanol–water partition coefficient (Wildman–Crippen LogP) is 2.85. The van der Waals surface area contributed by atoms with Gasteiger partial charge in [-0.1, -0.05) is 0 Å². The summed E-state index contributed by atoms with van der Waals surface area (Å²) in [4.78, 5) is 20.8. The van der Waals surface area contributed by atoms with Crippen molar-refractivity contribution in [3.05, 3.63) is 36.2 Å². The van der Waals surface area contributed by atoms with Gasteiger partial charge in [0.05, 0.1) is 23.4 Å². The van der Waals surface area contributed by atoms with Crippen LogP contribution in [-0.2, 0) is 11.3 Å². The largest absolute Gasteiger partial charge is 0.497 e. The Morgan fingerprint density at radius 3 is 2.62 bits per heavy atom. The lowest BCUT2D eigenvalue weighted by molar-refractivity contribution is -0.129. The lowest BCUT2D eigenvalue weighted by Gasteiger charge is -2.42. The molecule has 1 amide bonds.